The van der Waals surface area contributed by atoms with Crippen LogP contribution in [0.5, 0.6) is 0 Å². The van der Waals surface area contributed by atoms with E-state index < -0.39 is 21.4 Å². The molecule has 0 aromatic heterocycles. The zero-order valence-electron chi connectivity index (χ0n) is 13.9. The molecule has 0 unspecified atom stereocenters. The molecule has 0 amide bonds. The van der Waals surface area contributed by atoms with E-state index >= 15 is 0 Å². The third kappa shape index (κ3) is 3.25. The fourth-order valence-electron chi connectivity index (χ4n) is 2.71. The van der Waals surface area contributed by atoms with Crippen LogP contribution >= 0.6 is 11.6 Å². The van der Waals surface area contributed by atoms with Crippen molar-refractivity contribution in [2.75, 3.05) is 0 Å². The Morgan fingerprint density at radius 1 is 1.08 bits per heavy atom. The molecule has 0 atom stereocenters. The van der Waals surface area contributed by atoms with Gasteiger partial charge in [0.1, 0.15) is 16.5 Å². The summed E-state index contributed by atoms with van der Waals surface area (Å²) in [6.07, 6.45) is 0. The van der Waals surface area contributed by atoms with E-state index in [-0.39, 0.29) is 27.0 Å². The molecule has 1 aliphatic rings. The van der Waals surface area contributed by atoms with E-state index in [0.29, 0.717) is 11.1 Å². The van der Waals surface area contributed by atoms with E-state index in [1.54, 1.807) is 13.8 Å². The average molecular weight is 396 g/mol. The lowest BCUT2D eigenvalue weighted by Crippen LogP contribution is -2.29. The van der Waals surface area contributed by atoms with Crippen molar-refractivity contribution >= 4 is 38.7 Å². The smallest absolute Gasteiger partial charge is 0.239 e. The molecule has 0 spiro atoms. The predicted molar refractivity (Wildman–Crippen MR) is 96.2 cm³/mol. The summed E-state index contributed by atoms with van der Waals surface area (Å²) in [5.41, 5.74) is 0.0585. The second kappa shape index (κ2) is 6.19. The van der Waals surface area contributed by atoms with Gasteiger partial charge in [0, 0.05) is 5.56 Å². The number of hydrogen-bond donors (Lipinski definition) is 1. The van der Waals surface area contributed by atoms with Gasteiger partial charge in [0.15, 0.2) is 5.60 Å². The Balaban J connectivity index is 2.20. The minimum atomic E-state index is -3.98. The van der Waals surface area contributed by atoms with E-state index in [2.05, 4.69) is 0 Å². The fraction of sp³-hybridized carbons (Fsp3) is 0.167. The van der Waals surface area contributed by atoms with E-state index in [9.17, 15) is 17.6 Å². The first-order chi connectivity index (χ1) is 12.0. The molecule has 2 N–H and O–H groups in total. The molecule has 5 nitrogen and oxygen atoms in total. The zero-order chi connectivity index (χ0) is 19.3. The minimum absolute atomic E-state index is 0.0864. The molecule has 2 aromatic rings. The van der Waals surface area contributed by atoms with Crippen molar-refractivity contribution in [2.45, 2.75) is 24.3 Å². The van der Waals surface area contributed by atoms with E-state index in [0.717, 1.165) is 0 Å². The number of hydrogen-bond acceptors (Lipinski definition) is 4. The number of sulfonamides is 1. The monoisotopic (exact) mass is 395 g/mol. The summed E-state index contributed by atoms with van der Waals surface area (Å²) in [4.78, 5) is 12.6. The molecular formula is C18H15ClFNO4S. The van der Waals surface area contributed by atoms with Gasteiger partial charge in [-0.3, -0.25) is 4.79 Å². The van der Waals surface area contributed by atoms with Gasteiger partial charge in [-0.1, -0.05) is 23.7 Å². The molecular weight excluding hydrogens is 381 g/mol. The quantitative estimate of drug-likeness (QED) is 0.863. The normalized spacial score (nSPS) is 16.7. The fourth-order valence-corrected chi connectivity index (χ4v) is 3.80. The Bertz CT molecular complexity index is 1040. The maximum atomic E-state index is 13.2. The number of carbonyl (C=O) groups is 1. The third-order valence-electron chi connectivity index (χ3n) is 3.99. The summed E-state index contributed by atoms with van der Waals surface area (Å²) in [5, 5.41) is 5.03. The van der Waals surface area contributed by atoms with Gasteiger partial charge >= 0.3 is 0 Å². The number of rotatable bonds is 3. The van der Waals surface area contributed by atoms with Crippen LogP contribution in [0.3, 0.4) is 0 Å². The Morgan fingerprint density at radius 3 is 2.19 bits per heavy atom. The van der Waals surface area contributed by atoms with Crippen LogP contribution in [-0.4, -0.2) is 19.8 Å². The molecule has 8 heteroatoms. The van der Waals surface area contributed by atoms with Gasteiger partial charge in [0.25, 0.3) is 0 Å². The van der Waals surface area contributed by atoms with Gasteiger partial charge in [-0.25, -0.2) is 17.9 Å². The van der Waals surface area contributed by atoms with Crippen LogP contribution in [0.15, 0.2) is 47.4 Å². The summed E-state index contributed by atoms with van der Waals surface area (Å²) in [7, 11) is -3.98. The molecule has 1 aliphatic heterocycles. The lowest BCUT2D eigenvalue weighted by molar-refractivity contribution is -0.125. The minimum Gasteiger partial charge on any atom is -0.478 e. The van der Waals surface area contributed by atoms with Gasteiger partial charge in [-0.2, -0.15) is 0 Å². The molecule has 0 bridgehead atoms. The van der Waals surface area contributed by atoms with E-state index in [4.69, 9.17) is 21.5 Å². The van der Waals surface area contributed by atoms with E-state index in [1.807, 2.05) is 0 Å². The first kappa shape index (κ1) is 18.6. The zero-order valence-corrected chi connectivity index (χ0v) is 15.5. The van der Waals surface area contributed by atoms with Crippen LogP contribution in [0, 0.1) is 5.82 Å². The first-order valence-electron chi connectivity index (χ1n) is 7.57. The number of benzene rings is 2. The lowest BCUT2D eigenvalue weighted by atomic mass is 9.92. The number of ketones is 1. The van der Waals surface area contributed by atoms with Gasteiger partial charge in [0.05, 0.1) is 10.6 Å². The summed E-state index contributed by atoms with van der Waals surface area (Å²) in [6.45, 7) is 3.23. The number of ether oxygens (including phenoxy) is 1. The molecule has 3 rings (SSSR count). The molecule has 2 aromatic carbocycles. The van der Waals surface area contributed by atoms with Crippen molar-refractivity contribution in [1.82, 2.24) is 0 Å². The summed E-state index contributed by atoms with van der Waals surface area (Å²) in [6, 6.07) is 9.53. The number of nitrogens with two attached hydrogens (primary N) is 1. The highest BCUT2D eigenvalue weighted by Gasteiger charge is 2.42. The molecule has 136 valence electrons. The molecule has 26 heavy (non-hydrogen) atoms. The van der Waals surface area contributed by atoms with Crippen molar-refractivity contribution in [3.63, 3.8) is 0 Å². The van der Waals surface area contributed by atoms with Crippen LogP contribution in [0.25, 0.3) is 11.3 Å². The van der Waals surface area contributed by atoms with Crippen molar-refractivity contribution in [3.8, 4) is 0 Å². The molecule has 0 saturated heterocycles. The maximum Gasteiger partial charge on any atom is 0.239 e. The summed E-state index contributed by atoms with van der Waals surface area (Å²) < 4.78 is 42.1. The second-order valence-corrected chi connectivity index (χ2v) is 8.28. The Kier molecular flexibility index (Phi) is 4.42. The number of carbonyl (C=O) groups excluding carboxylic acids is 1. The van der Waals surface area contributed by atoms with Gasteiger partial charge in [0.2, 0.25) is 15.8 Å². The Morgan fingerprint density at radius 2 is 1.65 bits per heavy atom. The summed E-state index contributed by atoms with van der Waals surface area (Å²) >= 11 is 6.04. The highest BCUT2D eigenvalue weighted by Crippen LogP contribution is 2.42. The molecule has 0 saturated carbocycles. The number of halogens is 2. The predicted octanol–water partition coefficient (Wildman–Crippen LogP) is 3.37. The highest BCUT2D eigenvalue weighted by molar-refractivity contribution is 7.89. The summed E-state index contributed by atoms with van der Waals surface area (Å²) in [5.74, 6) is -0.456. The van der Waals surface area contributed by atoms with Crippen LogP contribution in [0.2, 0.25) is 5.02 Å². The van der Waals surface area contributed by atoms with Crippen molar-refractivity contribution in [2.24, 2.45) is 5.14 Å². The SMILES string of the molecule is CC1(C)OC(c2ccc(S(N)(=O)=O)c(Cl)c2)=C(c2ccc(F)cc2)C1=O. The van der Waals surface area contributed by atoms with Crippen LogP contribution < -0.4 is 5.14 Å². The maximum absolute atomic E-state index is 13.2. The average Bonchev–Trinajstić information content (AvgIpc) is 2.77. The molecule has 1 heterocycles. The Labute approximate surface area is 155 Å². The first-order valence-corrected chi connectivity index (χ1v) is 9.50. The van der Waals surface area contributed by atoms with Crippen LogP contribution in [0.4, 0.5) is 4.39 Å². The van der Waals surface area contributed by atoms with Crippen molar-refractivity contribution < 1.29 is 22.3 Å². The van der Waals surface area contributed by atoms with Gasteiger partial charge in [-0.05, 0) is 49.7 Å². The molecule has 0 radical (unpaired) electrons. The topological polar surface area (TPSA) is 86.5 Å². The van der Waals surface area contributed by atoms with Crippen LogP contribution in [-0.2, 0) is 19.6 Å². The number of primary sulfonamides is 1. The molecule has 0 aliphatic carbocycles. The van der Waals surface area contributed by atoms with Crippen LogP contribution in [0.1, 0.15) is 25.0 Å². The van der Waals surface area contributed by atoms with Gasteiger partial charge < -0.3 is 4.74 Å². The highest BCUT2D eigenvalue weighted by atomic mass is 35.5. The van der Waals surface area contributed by atoms with E-state index in [1.165, 1.54) is 42.5 Å². The van der Waals surface area contributed by atoms with Gasteiger partial charge in [-0.15, -0.1) is 0 Å². The van der Waals surface area contributed by atoms with Crippen molar-refractivity contribution in [3.05, 3.63) is 64.4 Å². The van der Waals surface area contributed by atoms with Crippen molar-refractivity contribution in [1.29, 1.82) is 0 Å². The lowest BCUT2D eigenvalue weighted by Gasteiger charge is -2.18. The third-order valence-corrected chi connectivity index (χ3v) is 5.39. The molecule has 0 fully saturated rings. The standard InChI is InChI=1S/C18H15ClFNO4S/c1-18(2)17(22)15(10-3-6-12(20)7-4-10)16(25-18)11-5-8-14(13(19)9-11)26(21,23)24/h3-9H,1-2H3,(H2,21,23,24). The Hall–Kier alpha value is -2.22. The number of Topliss-reactive ketones (excluding diaryl/α,β-unsaturated/α-hetero) is 1. The largest absolute Gasteiger partial charge is 0.478 e. The second-order valence-electron chi connectivity index (χ2n) is 6.34.